The molecule has 0 saturated carbocycles. The average molecular weight is 296 g/mol. The highest BCUT2D eigenvalue weighted by Crippen LogP contribution is 2.28. The van der Waals surface area contributed by atoms with E-state index in [1.54, 1.807) is 30.1 Å². The first-order valence-electron chi connectivity index (χ1n) is 5.33. The van der Waals surface area contributed by atoms with E-state index in [2.05, 4.69) is 4.99 Å². The van der Waals surface area contributed by atoms with E-state index >= 15 is 0 Å². The first kappa shape index (κ1) is 13.5. The summed E-state index contributed by atoms with van der Waals surface area (Å²) in [7, 11) is 0. The Labute approximate surface area is 121 Å². The molecule has 0 aliphatic rings. The van der Waals surface area contributed by atoms with E-state index < -0.39 is 0 Å². The largest absolute Gasteiger partial charge is 0.255 e. The van der Waals surface area contributed by atoms with E-state index in [0.29, 0.717) is 10.0 Å². The molecular formula is C14H11Cl2NS. The molecule has 0 unspecified atom stereocenters. The Kier molecular flexibility index (Phi) is 4.70. The summed E-state index contributed by atoms with van der Waals surface area (Å²) < 4.78 is 0. The molecule has 0 aromatic heterocycles. The minimum absolute atomic E-state index is 0.605. The Morgan fingerprint density at radius 1 is 1.00 bits per heavy atom. The lowest BCUT2D eigenvalue weighted by molar-refractivity contribution is 1.38. The third-order valence-electron chi connectivity index (χ3n) is 2.42. The molecule has 0 radical (unpaired) electrons. The number of thioether (sulfide) groups is 1. The third kappa shape index (κ3) is 3.08. The van der Waals surface area contributed by atoms with E-state index in [-0.39, 0.29) is 0 Å². The quantitative estimate of drug-likeness (QED) is 0.540. The predicted octanol–water partition coefficient (Wildman–Crippen LogP) is 5.47. The second-order valence-electron chi connectivity index (χ2n) is 3.57. The van der Waals surface area contributed by atoms with Crippen LogP contribution in [0.3, 0.4) is 0 Å². The Bertz CT molecular complexity index is 562. The van der Waals surface area contributed by atoms with E-state index in [9.17, 15) is 0 Å². The summed E-state index contributed by atoms with van der Waals surface area (Å²) in [5.74, 6) is 0. The van der Waals surface area contributed by atoms with Gasteiger partial charge in [0.2, 0.25) is 0 Å². The predicted molar refractivity (Wildman–Crippen MR) is 81.9 cm³/mol. The molecule has 0 aliphatic carbocycles. The van der Waals surface area contributed by atoms with Gasteiger partial charge in [-0.25, -0.2) is 0 Å². The molecule has 2 aromatic rings. The molecule has 0 aliphatic heterocycles. The van der Waals surface area contributed by atoms with Crippen LogP contribution in [0.5, 0.6) is 0 Å². The number of benzene rings is 2. The summed E-state index contributed by atoms with van der Waals surface area (Å²) in [6.45, 7) is 0. The third-order valence-corrected chi connectivity index (χ3v) is 3.86. The summed E-state index contributed by atoms with van der Waals surface area (Å²) in [6.07, 6.45) is 3.73. The van der Waals surface area contributed by atoms with Crippen molar-refractivity contribution in [3.63, 3.8) is 0 Å². The maximum atomic E-state index is 6.09. The highest BCUT2D eigenvalue weighted by molar-refractivity contribution is 7.98. The van der Waals surface area contributed by atoms with Gasteiger partial charge in [0, 0.05) is 16.7 Å². The molecule has 92 valence electrons. The van der Waals surface area contributed by atoms with Crippen LogP contribution in [-0.2, 0) is 0 Å². The zero-order chi connectivity index (χ0) is 13.0. The lowest BCUT2D eigenvalue weighted by atomic mass is 10.2. The number of aliphatic imine (C=N–C) groups is 1. The average Bonchev–Trinajstić information content (AvgIpc) is 2.38. The van der Waals surface area contributed by atoms with Crippen LogP contribution in [0.15, 0.2) is 52.4 Å². The number of nitrogens with zero attached hydrogens (tertiary/aromatic N) is 1. The van der Waals surface area contributed by atoms with Gasteiger partial charge < -0.3 is 0 Å². The van der Waals surface area contributed by atoms with Gasteiger partial charge in [-0.2, -0.15) is 0 Å². The van der Waals surface area contributed by atoms with E-state index in [0.717, 1.165) is 16.1 Å². The molecule has 0 bridgehead atoms. The Morgan fingerprint density at radius 2 is 1.67 bits per heavy atom. The van der Waals surface area contributed by atoms with Crippen molar-refractivity contribution in [3.05, 3.63) is 58.1 Å². The van der Waals surface area contributed by atoms with Crippen molar-refractivity contribution in [2.45, 2.75) is 4.90 Å². The summed E-state index contributed by atoms with van der Waals surface area (Å²) in [5, 5.41) is 1.21. The van der Waals surface area contributed by atoms with Crippen molar-refractivity contribution in [2.75, 3.05) is 6.26 Å². The van der Waals surface area contributed by atoms with E-state index in [1.165, 1.54) is 0 Å². The van der Waals surface area contributed by atoms with Crippen molar-refractivity contribution in [2.24, 2.45) is 4.99 Å². The number of rotatable bonds is 3. The zero-order valence-corrected chi connectivity index (χ0v) is 12.1. The molecule has 18 heavy (non-hydrogen) atoms. The van der Waals surface area contributed by atoms with E-state index in [1.807, 2.05) is 36.6 Å². The summed E-state index contributed by atoms with van der Waals surface area (Å²) in [4.78, 5) is 5.58. The lowest BCUT2D eigenvalue weighted by Gasteiger charge is -2.03. The zero-order valence-electron chi connectivity index (χ0n) is 9.73. The minimum Gasteiger partial charge on any atom is -0.255 e. The van der Waals surface area contributed by atoms with Crippen molar-refractivity contribution in [3.8, 4) is 0 Å². The first-order chi connectivity index (χ1) is 8.72. The van der Waals surface area contributed by atoms with Gasteiger partial charge in [0.15, 0.2) is 0 Å². The molecule has 0 heterocycles. The van der Waals surface area contributed by atoms with Crippen molar-refractivity contribution in [1.29, 1.82) is 0 Å². The highest BCUT2D eigenvalue weighted by Gasteiger charge is 2.03. The minimum atomic E-state index is 0.605. The Balaban J connectivity index is 2.36. The number of para-hydroxylation sites is 1. The highest BCUT2D eigenvalue weighted by atomic mass is 35.5. The van der Waals surface area contributed by atoms with Crippen LogP contribution < -0.4 is 0 Å². The molecule has 1 nitrogen and oxygen atoms in total. The fraction of sp³-hybridized carbons (Fsp3) is 0.0714. The molecule has 0 atom stereocenters. The lowest BCUT2D eigenvalue weighted by Crippen LogP contribution is -1.84. The van der Waals surface area contributed by atoms with Crippen LogP contribution in [0, 0.1) is 0 Å². The molecule has 0 N–H and O–H groups in total. The monoisotopic (exact) mass is 295 g/mol. The molecular weight excluding hydrogens is 285 g/mol. The van der Waals surface area contributed by atoms with Crippen LogP contribution in [0.4, 0.5) is 5.69 Å². The topological polar surface area (TPSA) is 12.4 Å². The van der Waals surface area contributed by atoms with Crippen molar-refractivity contribution < 1.29 is 0 Å². The maximum absolute atomic E-state index is 6.09. The van der Waals surface area contributed by atoms with Crippen LogP contribution >= 0.6 is 35.0 Å². The normalized spacial score (nSPS) is 11.1. The van der Waals surface area contributed by atoms with Gasteiger partial charge in [-0.15, -0.1) is 11.8 Å². The number of hydrogen-bond donors (Lipinski definition) is 0. The second-order valence-corrected chi connectivity index (χ2v) is 5.23. The standard InChI is InChI=1S/C14H11Cl2NS/c1-18-14-8-3-2-7-13(14)17-9-10-11(15)5-4-6-12(10)16/h2-9H,1H3. The molecule has 2 aromatic carbocycles. The fourth-order valence-electron chi connectivity index (χ4n) is 1.50. The van der Waals surface area contributed by atoms with Crippen molar-refractivity contribution in [1.82, 2.24) is 0 Å². The smallest absolute Gasteiger partial charge is 0.0765 e. The van der Waals surface area contributed by atoms with Gasteiger partial charge >= 0.3 is 0 Å². The second kappa shape index (κ2) is 6.28. The number of hydrogen-bond acceptors (Lipinski definition) is 2. The molecule has 0 saturated heterocycles. The summed E-state index contributed by atoms with van der Waals surface area (Å²) in [5.41, 5.74) is 1.66. The Hall–Kier alpha value is -0.960. The fourth-order valence-corrected chi connectivity index (χ4v) is 2.54. The SMILES string of the molecule is CSc1ccccc1N=Cc1c(Cl)cccc1Cl. The van der Waals surface area contributed by atoms with Crippen LogP contribution in [0.1, 0.15) is 5.56 Å². The van der Waals surface area contributed by atoms with Gasteiger partial charge in [-0.05, 0) is 30.5 Å². The van der Waals surface area contributed by atoms with Crippen LogP contribution in [0.25, 0.3) is 0 Å². The molecule has 0 spiro atoms. The van der Waals surface area contributed by atoms with Gasteiger partial charge in [0.25, 0.3) is 0 Å². The van der Waals surface area contributed by atoms with Crippen LogP contribution in [0.2, 0.25) is 10.0 Å². The molecule has 2 rings (SSSR count). The van der Waals surface area contributed by atoms with Gasteiger partial charge in [-0.1, -0.05) is 41.4 Å². The van der Waals surface area contributed by atoms with E-state index in [4.69, 9.17) is 23.2 Å². The summed E-state index contributed by atoms with van der Waals surface area (Å²) in [6, 6.07) is 13.4. The molecule has 0 fully saturated rings. The maximum Gasteiger partial charge on any atom is 0.0765 e. The molecule has 4 heteroatoms. The van der Waals surface area contributed by atoms with Gasteiger partial charge in [0.1, 0.15) is 0 Å². The van der Waals surface area contributed by atoms with Gasteiger partial charge in [0.05, 0.1) is 15.7 Å². The van der Waals surface area contributed by atoms with Crippen molar-refractivity contribution >= 4 is 46.9 Å². The Morgan fingerprint density at radius 3 is 2.33 bits per heavy atom. The van der Waals surface area contributed by atoms with Crippen LogP contribution in [-0.4, -0.2) is 12.5 Å². The van der Waals surface area contributed by atoms with Gasteiger partial charge in [-0.3, -0.25) is 4.99 Å². The first-order valence-corrected chi connectivity index (χ1v) is 7.31. The molecule has 0 amide bonds. The summed E-state index contributed by atoms with van der Waals surface area (Å²) >= 11 is 13.8. The number of halogens is 2.